The molecule has 2 nitrogen and oxygen atoms in total. The van der Waals surface area contributed by atoms with Crippen LogP contribution in [0.1, 0.15) is 47.8 Å². The second-order valence-corrected chi connectivity index (χ2v) is 5.15. The van der Waals surface area contributed by atoms with Crippen LogP contribution in [0.15, 0.2) is 42.5 Å². The van der Waals surface area contributed by atoms with Crippen molar-refractivity contribution >= 4 is 5.78 Å². The average molecular weight is 282 g/mol. The number of ketones is 1. The number of hydrogen-bond acceptors (Lipinski definition) is 2. The smallest absolute Gasteiger partial charge is 0.160 e. The van der Waals surface area contributed by atoms with Crippen LogP contribution in [0.25, 0.3) is 0 Å². The van der Waals surface area contributed by atoms with Crippen LogP contribution < -0.4 is 4.74 Å². The van der Waals surface area contributed by atoms with Gasteiger partial charge in [-0.05, 0) is 48.6 Å². The van der Waals surface area contributed by atoms with Crippen LogP contribution in [0.3, 0.4) is 0 Å². The summed E-state index contributed by atoms with van der Waals surface area (Å²) in [5.41, 5.74) is 4.16. The van der Waals surface area contributed by atoms with E-state index in [-0.39, 0.29) is 5.78 Å². The summed E-state index contributed by atoms with van der Waals surface area (Å²) in [6, 6.07) is 14.1. The zero-order valence-electron chi connectivity index (χ0n) is 13.0. The highest BCUT2D eigenvalue weighted by molar-refractivity contribution is 5.97. The maximum atomic E-state index is 11.9. The topological polar surface area (TPSA) is 26.3 Å². The van der Waals surface area contributed by atoms with Crippen molar-refractivity contribution in [2.24, 2.45) is 0 Å². The van der Waals surface area contributed by atoms with E-state index in [1.807, 2.05) is 42.5 Å². The van der Waals surface area contributed by atoms with Crippen molar-refractivity contribution in [1.82, 2.24) is 0 Å². The van der Waals surface area contributed by atoms with E-state index in [1.165, 1.54) is 0 Å². The number of carbonyl (C=O) groups excluding carboxylic acids is 1. The van der Waals surface area contributed by atoms with Crippen LogP contribution >= 0.6 is 0 Å². The molecule has 0 aromatic heterocycles. The predicted molar refractivity (Wildman–Crippen MR) is 86.0 cm³/mol. The van der Waals surface area contributed by atoms with Gasteiger partial charge in [-0.15, -0.1) is 0 Å². The Morgan fingerprint density at radius 2 is 1.57 bits per heavy atom. The summed E-state index contributed by atoms with van der Waals surface area (Å²) < 4.78 is 5.90. The highest BCUT2D eigenvalue weighted by Gasteiger charge is 2.13. The molecule has 0 aliphatic rings. The fraction of sp³-hybridized carbons (Fsp3) is 0.316. The van der Waals surface area contributed by atoms with Crippen molar-refractivity contribution in [2.45, 2.75) is 40.2 Å². The Morgan fingerprint density at radius 3 is 2.05 bits per heavy atom. The average Bonchev–Trinajstić information content (AvgIpc) is 2.52. The lowest BCUT2D eigenvalue weighted by molar-refractivity contribution is 0.101. The summed E-state index contributed by atoms with van der Waals surface area (Å²) in [5, 5.41) is 0. The maximum absolute atomic E-state index is 11.9. The van der Waals surface area contributed by atoms with Crippen LogP contribution in [0, 0.1) is 0 Å². The maximum Gasteiger partial charge on any atom is 0.160 e. The van der Waals surface area contributed by atoms with Crippen molar-refractivity contribution in [1.29, 1.82) is 0 Å². The molecular weight excluding hydrogens is 260 g/mol. The van der Waals surface area contributed by atoms with Gasteiger partial charge < -0.3 is 4.74 Å². The summed E-state index contributed by atoms with van der Waals surface area (Å²) in [4.78, 5) is 11.9. The van der Waals surface area contributed by atoms with Crippen LogP contribution in [0.2, 0.25) is 0 Å². The number of Topliss-reactive ketones (excluding diaryl/α,β-unsaturated/α-hetero) is 1. The van der Waals surface area contributed by atoms with Gasteiger partial charge in [0.2, 0.25) is 0 Å². The molecule has 0 bridgehead atoms. The molecule has 0 aliphatic heterocycles. The molecule has 0 saturated heterocycles. The normalized spacial score (nSPS) is 10.4. The highest BCUT2D eigenvalue weighted by Crippen LogP contribution is 2.25. The van der Waals surface area contributed by atoms with Gasteiger partial charge in [-0.2, -0.15) is 0 Å². The number of aryl methyl sites for hydroxylation is 2. The molecule has 21 heavy (non-hydrogen) atoms. The lowest BCUT2D eigenvalue weighted by Crippen LogP contribution is -2.06. The lowest BCUT2D eigenvalue weighted by atomic mass is 9.94. The molecular formula is C19H22O2. The van der Waals surface area contributed by atoms with Gasteiger partial charge in [0.15, 0.2) is 5.78 Å². The number of carbonyl (C=O) groups is 1. The first-order valence-electron chi connectivity index (χ1n) is 7.49. The Kier molecular flexibility index (Phi) is 5.15. The standard InChI is InChI=1S/C19H22O2/c1-4-16-11-18(12-17(5-2)19(16)14(3)20)21-13-15-9-7-6-8-10-15/h6-12H,4-5,13H2,1-3H3. The predicted octanol–water partition coefficient (Wildman–Crippen LogP) is 4.59. The molecule has 2 aromatic rings. The molecule has 2 heteroatoms. The van der Waals surface area contributed by atoms with Crippen molar-refractivity contribution in [3.63, 3.8) is 0 Å². The minimum absolute atomic E-state index is 0.137. The molecule has 2 aromatic carbocycles. The van der Waals surface area contributed by atoms with Crippen molar-refractivity contribution < 1.29 is 9.53 Å². The number of benzene rings is 2. The molecule has 0 amide bonds. The molecule has 0 N–H and O–H groups in total. The van der Waals surface area contributed by atoms with Crippen molar-refractivity contribution in [3.05, 3.63) is 64.7 Å². The molecule has 0 unspecified atom stereocenters. The van der Waals surface area contributed by atoms with Crippen LogP contribution in [0.5, 0.6) is 5.75 Å². The first-order chi connectivity index (χ1) is 10.2. The van der Waals surface area contributed by atoms with Gasteiger partial charge in [0.1, 0.15) is 12.4 Å². The summed E-state index contributed by atoms with van der Waals surface area (Å²) in [7, 11) is 0. The second-order valence-electron chi connectivity index (χ2n) is 5.15. The van der Waals surface area contributed by atoms with E-state index in [9.17, 15) is 4.79 Å². The van der Waals surface area contributed by atoms with E-state index < -0.39 is 0 Å². The Labute approximate surface area is 126 Å². The fourth-order valence-corrected chi connectivity index (χ4v) is 2.57. The molecule has 0 aliphatic carbocycles. The van der Waals surface area contributed by atoms with E-state index in [2.05, 4.69) is 13.8 Å². The second kappa shape index (κ2) is 7.07. The van der Waals surface area contributed by atoms with Gasteiger partial charge in [0, 0.05) is 5.56 Å². The van der Waals surface area contributed by atoms with Crippen LogP contribution in [-0.4, -0.2) is 5.78 Å². The third-order valence-corrected chi connectivity index (χ3v) is 3.64. The van der Waals surface area contributed by atoms with E-state index >= 15 is 0 Å². The van der Waals surface area contributed by atoms with Gasteiger partial charge in [0.25, 0.3) is 0 Å². The van der Waals surface area contributed by atoms with Crippen molar-refractivity contribution in [3.8, 4) is 5.75 Å². The molecule has 0 heterocycles. The van der Waals surface area contributed by atoms with Gasteiger partial charge in [0.05, 0.1) is 0 Å². The summed E-state index contributed by atoms with van der Waals surface area (Å²) in [5.74, 6) is 0.982. The third-order valence-electron chi connectivity index (χ3n) is 3.64. The number of hydrogen-bond donors (Lipinski definition) is 0. The van der Waals surface area contributed by atoms with Crippen LogP contribution in [0.4, 0.5) is 0 Å². The van der Waals surface area contributed by atoms with Gasteiger partial charge in [-0.1, -0.05) is 44.2 Å². The van der Waals surface area contributed by atoms with Gasteiger partial charge in [-0.3, -0.25) is 4.79 Å². The minimum atomic E-state index is 0.137. The Bertz CT molecular complexity index is 590. The zero-order valence-corrected chi connectivity index (χ0v) is 13.0. The largest absolute Gasteiger partial charge is 0.489 e. The molecule has 0 atom stereocenters. The molecule has 0 saturated carbocycles. The van der Waals surface area contributed by atoms with E-state index in [1.54, 1.807) is 6.92 Å². The Morgan fingerprint density at radius 1 is 1.00 bits per heavy atom. The van der Waals surface area contributed by atoms with E-state index in [0.29, 0.717) is 6.61 Å². The highest BCUT2D eigenvalue weighted by atomic mass is 16.5. The fourth-order valence-electron chi connectivity index (χ4n) is 2.57. The SMILES string of the molecule is CCc1cc(OCc2ccccc2)cc(CC)c1C(C)=O. The van der Waals surface area contributed by atoms with Gasteiger partial charge in [-0.25, -0.2) is 0 Å². The zero-order chi connectivity index (χ0) is 15.2. The first-order valence-corrected chi connectivity index (χ1v) is 7.49. The van der Waals surface area contributed by atoms with E-state index in [4.69, 9.17) is 4.74 Å². The quantitative estimate of drug-likeness (QED) is 0.724. The molecule has 2 rings (SSSR count). The summed E-state index contributed by atoms with van der Waals surface area (Å²) >= 11 is 0. The molecule has 110 valence electrons. The summed E-state index contributed by atoms with van der Waals surface area (Å²) in [6.07, 6.45) is 1.68. The van der Waals surface area contributed by atoms with E-state index in [0.717, 1.165) is 40.8 Å². The van der Waals surface area contributed by atoms with Crippen molar-refractivity contribution in [2.75, 3.05) is 0 Å². The number of ether oxygens (including phenoxy) is 1. The van der Waals surface area contributed by atoms with Crippen LogP contribution in [-0.2, 0) is 19.4 Å². The Hall–Kier alpha value is -2.09. The molecule has 0 radical (unpaired) electrons. The minimum Gasteiger partial charge on any atom is -0.489 e. The number of rotatable bonds is 6. The lowest BCUT2D eigenvalue weighted by Gasteiger charge is -2.14. The monoisotopic (exact) mass is 282 g/mol. The van der Waals surface area contributed by atoms with Gasteiger partial charge >= 0.3 is 0 Å². The molecule has 0 spiro atoms. The summed E-state index contributed by atoms with van der Waals surface area (Å²) in [6.45, 7) is 6.33. The first kappa shape index (κ1) is 15.3. The molecule has 0 fully saturated rings. The Balaban J connectivity index is 2.26. The third kappa shape index (κ3) is 3.72.